The van der Waals surface area contributed by atoms with Crippen LogP contribution in [0.5, 0.6) is 0 Å². The molecule has 1 unspecified atom stereocenters. The number of amides is 1. The van der Waals surface area contributed by atoms with Gasteiger partial charge in [-0.05, 0) is 30.5 Å². The molecule has 0 heterocycles. The van der Waals surface area contributed by atoms with Crippen LogP contribution in [0.15, 0.2) is 24.3 Å². The zero-order valence-corrected chi connectivity index (χ0v) is 12.9. The van der Waals surface area contributed by atoms with Gasteiger partial charge in [-0.25, -0.2) is 4.79 Å². The Morgan fingerprint density at radius 1 is 1.33 bits per heavy atom. The van der Waals surface area contributed by atoms with E-state index in [-0.39, 0.29) is 5.91 Å². The van der Waals surface area contributed by atoms with Crippen LogP contribution in [-0.4, -0.2) is 37.1 Å². The minimum Gasteiger partial charge on any atom is -0.480 e. The number of aliphatic carboxylic acids is 1. The number of benzene rings is 1. The molecular weight excluding hydrogens is 268 g/mol. The third-order valence-electron chi connectivity index (χ3n) is 3.28. The van der Waals surface area contributed by atoms with Gasteiger partial charge in [-0.2, -0.15) is 0 Å². The Morgan fingerprint density at radius 2 is 2.05 bits per heavy atom. The molecule has 1 atom stereocenters. The monoisotopic (exact) mass is 292 g/mol. The molecular formula is C16H24N2O3. The van der Waals surface area contributed by atoms with E-state index in [9.17, 15) is 9.59 Å². The maximum atomic E-state index is 11.8. The first kappa shape index (κ1) is 17.0. The zero-order chi connectivity index (χ0) is 15.8. The number of nitrogens with zero attached hydrogens (tertiary/aromatic N) is 1. The molecule has 0 bridgehead atoms. The van der Waals surface area contributed by atoms with E-state index < -0.39 is 12.0 Å². The number of carboxylic acids is 1. The first-order chi connectivity index (χ1) is 9.93. The Balaban J connectivity index is 2.52. The second-order valence-corrected chi connectivity index (χ2v) is 5.31. The van der Waals surface area contributed by atoms with Crippen molar-refractivity contribution in [1.82, 2.24) is 5.32 Å². The number of anilines is 1. The van der Waals surface area contributed by atoms with Gasteiger partial charge < -0.3 is 15.3 Å². The lowest BCUT2D eigenvalue weighted by atomic mass is 10.1. The number of rotatable bonds is 8. The lowest BCUT2D eigenvalue weighted by Gasteiger charge is -2.15. The lowest BCUT2D eigenvalue weighted by Crippen LogP contribution is -2.40. The van der Waals surface area contributed by atoms with Crippen molar-refractivity contribution in [3.8, 4) is 0 Å². The fourth-order valence-electron chi connectivity index (χ4n) is 2.06. The van der Waals surface area contributed by atoms with E-state index in [4.69, 9.17) is 5.11 Å². The van der Waals surface area contributed by atoms with Crippen LogP contribution in [0.25, 0.3) is 0 Å². The van der Waals surface area contributed by atoms with E-state index in [1.54, 1.807) is 0 Å². The van der Waals surface area contributed by atoms with Gasteiger partial charge in [0.25, 0.3) is 0 Å². The van der Waals surface area contributed by atoms with Crippen LogP contribution in [0.4, 0.5) is 5.69 Å². The van der Waals surface area contributed by atoms with Gasteiger partial charge in [0.2, 0.25) is 5.91 Å². The highest BCUT2D eigenvalue weighted by Gasteiger charge is 2.18. The third-order valence-corrected chi connectivity index (χ3v) is 3.28. The Labute approximate surface area is 126 Å². The molecule has 0 radical (unpaired) electrons. The second-order valence-electron chi connectivity index (χ2n) is 5.31. The molecule has 0 saturated heterocycles. The van der Waals surface area contributed by atoms with Gasteiger partial charge in [0, 0.05) is 26.2 Å². The molecule has 0 aliphatic heterocycles. The standard InChI is InChI=1S/C16H24N2O3/c1-4-6-14(16(20)21)17-15(19)10-9-12-7-5-8-13(11-12)18(2)3/h5,7-8,11,14H,4,6,9-10H2,1-3H3,(H,17,19)(H,20,21). The Hall–Kier alpha value is -2.04. The SMILES string of the molecule is CCCC(NC(=O)CCc1cccc(N(C)C)c1)C(=O)O. The van der Waals surface area contributed by atoms with Crippen molar-refractivity contribution in [2.75, 3.05) is 19.0 Å². The highest BCUT2D eigenvalue weighted by molar-refractivity contribution is 5.83. The van der Waals surface area contributed by atoms with Gasteiger partial charge in [-0.15, -0.1) is 0 Å². The summed E-state index contributed by atoms with van der Waals surface area (Å²) in [5.74, 6) is -1.19. The average molecular weight is 292 g/mol. The van der Waals surface area contributed by atoms with E-state index in [2.05, 4.69) is 5.32 Å². The fraction of sp³-hybridized carbons (Fsp3) is 0.500. The van der Waals surface area contributed by atoms with Gasteiger partial charge in [0.1, 0.15) is 6.04 Å². The summed E-state index contributed by atoms with van der Waals surface area (Å²) in [6.07, 6.45) is 2.08. The fourth-order valence-corrected chi connectivity index (χ4v) is 2.06. The molecule has 5 nitrogen and oxygen atoms in total. The molecule has 0 aliphatic carbocycles. The largest absolute Gasteiger partial charge is 0.480 e. The molecule has 1 rings (SSSR count). The molecule has 0 spiro atoms. The molecule has 0 aromatic heterocycles. The molecule has 1 aromatic rings. The molecule has 0 aliphatic rings. The maximum Gasteiger partial charge on any atom is 0.326 e. The van der Waals surface area contributed by atoms with Crippen LogP contribution in [0.1, 0.15) is 31.7 Å². The number of carbonyl (C=O) groups excluding carboxylic acids is 1. The first-order valence-electron chi connectivity index (χ1n) is 7.22. The van der Waals surface area contributed by atoms with Crippen LogP contribution in [0, 0.1) is 0 Å². The summed E-state index contributed by atoms with van der Waals surface area (Å²) in [5.41, 5.74) is 2.15. The third kappa shape index (κ3) is 5.85. The Bertz CT molecular complexity index is 486. The van der Waals surface area contributed by atoms with Crippen molar-refractivity contribution in [2.45, 2.75) is 38.6 Å². The minimum absolute atomic E-state index is 0.217. The van der Waals surface area contributed by atoms with Gasteiger partial charge in [0.15, 0.2) is 0 Å². The summed E-state index contributed by atoms with van der Waals surface area (Å²) in [6, 6.07) is 7.19. The van der Waals surface area contributed by atoms with Crippen LogP contribution in [0.2, 0.25) is 0 Å². The summed E-state index contributed by atoms with van der Waals surface area (Å²) in [5, 5.41) is 11.6. The van der Waals surface area contributed by atoms with Crippen molar-refractivity contribution >= 4 is 17.6 Å². The number of carboxylic acid groups (broad SMARTS) is 1. The number of hydrogen-bond acceptors (Lipinski definition) is 3. The maximum absolute atomic E-state index is 11.8. The van der Waals surface area contributed by atoms with Gasteiger partial charge in [-0.3, -0.25) is 4.79 Å². The molecule has 5 heteroatoms. The van der Waals surface area contributed by atoms with Gasteiger partial charge in [-0.1, -0.05) is 25.5 Å². The van der Waals surface area contributed by atoms with Crippen LogP contribution in [-0.2, 0) is 16.0 Å². The minimum atomic E-state index is -0.972. The molecule has 0 saturated carbocycles. The molecule has 2 N–H and O–H groups in total. The van der Waals surface area contributed by atoms with E-state index in [1.165, 1.54) is 0 Å². The number of nitrogens with one attached hydrogen (secondary N) is 1. The summed E-state index contributed by atoms with van der Waals surface area (Å²) >= 11 is 0. The quantitative estimate of drug-likeness (QED) is 0.769. The summed E-state index contributed by atoms with van der Waals surface area (Å²) in [4.78, 5) is 24.8. The van der Waals surface area contributed by atoms with Crippen molar-refractivity contribution < 1.29 is 14.7 Å². The Kier molecular flexibility index (Phi) is 6.72. The van der Waals surface area contributed by atoms with Crippen molar-refractivity contribution in [2.24, 2.45) is 0 Å². The predicted octanol–water partition coefficient (Wildman–Crippen LogP) is 2.05. The molecule has 0 fully saturated rings. The highest BCUT2D eigenvalue weighted by atomic mass is 16.4. The predicted molar refractivity (Wildman–Crippen MR) is 83.6 cm³/mol. The van der Waals surface area contributed by atoms with E-state index >= 15 is 0 Å². The van der Waals surface area contributed by atoms with Crippen molar-refractivity contribution in [3.05, 3.63) is 29.8 Å². The summed E-state index contributed by atoms with van der Waals surface area (Å²) < 4.78 is 0. The Morgan fingerprint density at radius 3 is 2.62 bits per heavy atom. The van der Waals surface area contributed by atoms with Gasteiger partial charge in [0.05, 0.1) is 0 Å². The summed E-state index contributed by atoms with van der Waals surface area (Å²) in [7, 11) is 3.93. The van der Waals surface area contributed by atoms with Crippen LogP contribution < -0.4 is 10.2 Å². The first-order valence-corrected chi connectivity index (χ1v) is 7.22. The summed E-state index contributed by atoms with van der Waals surface area (Å²) in [6.45, 7) is 1.90. The van der Waals surface area contributed by atoms with Crippen molar-refractivity contribution in [1.29, 1.82) is 0 Å². The smallest absolute Gasteiger partial charge is 0.326 e. The van der Waals surface area contributed by atoms with E-state index in [0.29, 0.717) is 19.3 Å². The highest BCUT2D eigenvalue weighted by Crippen LogP contribution is 2.14. The number of hydrogen-bond donors (Lipinski definition) is 2. The second kappa shape index (κ2) is 8.29. The number of carbonyl (C=O) groups is 2. The topological polar surface area (TPSA) is 69.6 Å². The molecule has 116 valence electrons. The van der Waals surface area contributed by atoms with E-state index in [1.807, 2.05) is 50.2 Å². The molecule has 1 aromatic carbocycles. The number of aryl methyl sites for hydroxylation is 1. The molecule has 21 heavy (non-hydrogen) atoms. The average Bonchev–Trinajstić information content (AvgIpc) is 2.45. The van der Waals surface area contributed by atoms with Gasteiger partial charge >= 0.3 is 5.97 Å². The van der Waals surface area contributed by atoms with Crippen molar-refractivity contribution in [3.63, 3.8) is 0 Å². The zero-order valence-electron chi connectivity index (χ0n) is 12.9. The lowest BCUT2D eigenvalue weighted by molar-refractivity contribution is -0.142. The normalized spacial score (nSPS) is 11.8. The van der Waals surface area contributed by atoms with Crippen LogP contribution in [0.3, 0.4) is 0 Å². The van der Waals surface area contributed by atoms with Crippen LogP contribution >= 0.6 is 0 Å². The molecule has 1 amide bonds. The van der Waals surface area contributed by atoms with E-state index in [0.717, 1.165) is 17.7 Å².